The predicted molar refractivity (Wildman–Crippen MR) is 120 cm³/mol. The van der Waals surface area contributed by atoms with E-state index in [1.54, 1.807) is 7.11 Å². The van der Waals surface area contributed by atoms with E-state index in [0.717, 1.165) is 47.6 Å². The summed E-state index contributed by atoms with van der Waals surface area (Å²) in [6.07, 6.45) is 4.33. The number of halogens is 2. The summed E-state index contributed by atoms with van der Waals surface area (Å²) in [5.74, 6) is 1.83. The normalized spacial score (nSPS) is 13.8. The Morgan fingerprint density at radius 3 is 2.44 bits per heavy atom. The molecule has 6 heteroatoms. The van der Waals surface area contributed by atoms with Gasteiger partial charge in [-0.1, -0.05) is 22.4 Å². The summed E-state index contributed by atoms with van der Waals surface area (Å²) >= 11 is 3.48. The van der Waals surface area contributed by atoms with Gasteiger partial charge in [0.25, 0.3) is 0 Å². The van der Waals surface area contributed by atoms with E-state index >= 15 is 0 Å². The number of rotatable bonds is 5. The number of hydrogen-bond acceptors (Lipinski definition) is 4. The van der Waals surface area contributed by atoms with Crippen LogP contribution < -0.4 is 9.64 Å². The molecule has 0 radical (unpaired) electrons. The van der Waals surface area contributed by atoms with Gasteiger partial charge in [-0.15, -0.1) is 17.0 Å². The lowest BCUT2D eigenvalue weighted by atomic mass is 10.1. The van der Waals surface area contributed by atoms with E-state index in [1.807, 2.05) is 48.5 Å². The van der Waals surface area contributed by atoms with Crippen LogP contribution in [0.1, 0.15) is 36.0 Å². The number of Topliss-reactive ketones (excluding diaryl/α,β-unsaturated/α-hetero) is 1. The molecule has 0 spiro atoms. The summed E-state index contributed by atoms with van der Waals surface area (Å²) in [7, 11) is 1.62. The van der Waals surface area contributed by atoms with E-state index in [1.165, 1.54) is 6.42 Å². The van der Waals surface area contributed by atoms with E-state index in [9.17, 15) is 4.79 Å². The summed E-state index contributed by atoms with van der Waals surface area (Å²) in [5, 5.41) is 0. The van der Waals surface area contributed by atoms with Gasteiger partial charge in [-0.25, -0.2) is 0 Å². The van der Waals surface area contributed by atoms with Crippen LogP contribution in [0.25, 0.3) is 0 Å². The Morgan fingerprint density at radius 2 is 1.78 bits per heavy atom. The number of anilines is 1. The minimum Gasteiger partial charge on any atom is -0.497 e. The first-order valence-electron chi connectivity index (χ1n) is 8.91. The second kappa shape index (κ2) is 10.6. The first kappa shape index (κ1) is 21.6. The topological polar surface area (TPSA) is 41.9 Å². The summed E-state index contributed by atoms with van der Waals surface area (Å²) < 4.78 is 6.19. The lowest BCUT2D eigenvalue weighted by Gasteiger charge is -2.25. The molecule has 0 unspecified atom stereocenters. The molecule has 0 bridgehead atoms. The number of benzene rings is 2. The van der Waals surface area contributed by atoms with Crippen LogP contribution >= 0.6 is 32.9 Å². The third kappa shape index (κ3) is 5.91. The van der Waals surface area contributed by atoms with Gasteiger partial charge < -0.3 is 9.64 Å². The van der Waals surface area contributed by atoms with Gasteiger partial charge in [-0.3, -0.25) is 9.79 Å². The minimum atomic E-state index is 0. The maximum atomic E-state index is 12.9. The van der Waals surface area contributed by atoms with Crippen molar-refractivity contribution in [2.24, 2.45) is 4.99 Å². The van der Waals surface area contributed by atoms with Crippen LogP contribution in [0, 0.1) is 0 Å². The molecule has 0 atom stereocenters. The Labute approximate surface area is 179 Å². The molecule has 4 nitrogen and oxygen atoms in total. The van der Waals surface area contributed by atoms with Crippen molar-refractivity contribution in [3.05, 3.63) is 58.6 Å². The van der Waals surface area contributed by atoms with Gasteiger partial charge in [0.15, 0.2) is 5.78 Å². The van der Waals surface area contributed by atoms with Gasteiger partial charge in [-0.05, 0) is 61.4 Å². The maximum absolute atomic E-state index is 12.9. The molecule has 0 aliphatic carbocycles. The highest BCUT2D eigenvalue weighted by Gasteiger charge is 2.19. The number of ketones is 1. The van der Waals surface area contributed by atoms with Gasteiger partial charge in [0.1, 0.15) is 11.6 Å². The molecule has 1 heterocycles. The van der Waals surface area contributed by atoms with Crippen molar-refractivity contribution in [2.75, 3.05) is 25.1 Å². The summed E-state index contributed by atoms with van der Waals surface area (Å²) in [6, 6.07) is 15.3. The summed E-state index contributed by atoms with van der Waals surface area (Å²) in [4.78, 5) is 19.7. The number of ether oxygens (including phenoxy) is 1. The molecule has 0 amide bonds. The van der Waals surface area contributed by atoms with Crippen LogP contribution in [0.5, 0.6) is 5.75 Å². The van der Waals surface area contributed by atoms with Crippen LogP contribution in [-0.2, 0) is 0 Å². The average Bonchev–Trinajstić information content (AvgIpc) is 2.96. The molecular formula is C21H24Br2N2O2. The molecule has 3 rings (SSSR count). The molecule has 27 heavy (non-hydrogen) atoms. The Morgan fingerprint density at radius 1 is 1.07 bits per heavy atom. The van der Waals surface area contributed by atoms with Crippen molar-refractivity contribution in [1.82, 2.24) is 0 Å². The Kier molecular flexibility index (Phi) is 8.51. The van der Waals surface area contributed by atoms with Crippen molar-refractivity contribution in [2.45, 2.75) is 25.7 Å². The third-order valence-corrected chi connectivity index (χ3v) is 5.05. The van der Waals surface area contributed by atoms with E-state index < -0.39 is 0 Å². The van der Waals surface area contributed by atoms with E-state index in [2.05, 4.69) is 20.8 Å². The minimum absolute atomic E-state index is 0. The Bertz CT molecular complexity index is 774. The van der Waals surface area contributed by atoms with Gasteiger partial charge >= 0.3 is 0 Å². The second-order valence-electron chi connectivity index (χ2n) is 6.32. The van der Waals surface area contributed by atoms with Gasteiger partial charge in [0, 0.05) is 28.7 Å². The average molecular weight is 496 g/mol. The monoisotopic (exact) mass is 494 g/mol. The summed E-state index contributed by atoms with van der Waals surface area (Å²) in [5.41, 5.74) is 1.68. The number of methoxy groups -OCH3 is 1. The van der Waals surface area contributed by atoms with Crippen molar-refractivity contribution >= 4 is 50.2 Å². The molecule has 0 saturated heterocycles. The highest BCUT2D eigenvalue weighted by Crippen LogP contribution is 2.22. The second-order valence-corrected chi connectivity index (χ2v) is 7.24. The molecule has 0 aromatic heterocycles. The van der Waals surface area contributed by atoms with Crippen molar-refractivity contribution in [3.8, 4) is 5.75 Å². The maximum Gasteiger partial charge on any atom is 0.182 e. The molecule has 1 aliphatic heterocycles. The standard InChI is InChI=1S/C21H23BrN2O2.BrH/c1-26-19-12-6-16(7-13-19)20(25)15-24(18-10-8-17(22)9-11-18)21-5-3-2-4-14-23-21;/h6-13H,2-5,14-15H2,1H3;1H. The first-order valence-corrected chi connectivity index (χ1v) is 9.70. The number of amidine groups is 1. The van der Waals surface area contributed by atoms with Crippen molar-refractivity contribution in [1.29, 1.82) is 0 Å². The van der Waals surface area contributed by atoms with Gasteiger partial charge in [0.2, 0.25) is 0 Å². The Hall–Kier alpha value is -1.66. The molecule has 144 valence electrons. The molecule has 2 aromatic rings. The number of carbonyl (C=O) groups excluding carboxylic acids is 1. The smallest absolute Gasteiger partial charge is 0.182 e. The molecule has 0 N–H and O–H groups in total. The highest BCUT2D eigenvalue weighted by molar-refractivity contribution is 9.10. The Balaban J connectivity index is 0.00000261. The molecular weight excluding hydrogens is 472 g/mol. The zero-order chi connectivity index (χ0) is 18.4. The largest absolute Gasteiger partial charge is 0.497 e. The van der Waals surface area contributed by atoms with Crippen molar-refractivity contribution in [3.63, 3.8) is 0 Å². The first-order chi connectivity index (χ1) is 12.7. The fourth-order valence-corrected chi connectivity index (χ4v) is 3.31. The van der Waals surface area contributed by atoms with E-state index in [4.69, 9.17) is 9.73 Å². The molecule has 1 aliphatic rings. The predicted octanol–water partition coefficient (Wildman–Crippen LogP) is 5.70. The van der Waals surface area contributed by atoms with Crippen LogP contribution in [0.4, 0.5) is 5.69 Å². The number of carbonyl (C=O) groups is 1. The fraction of sp³-hybridized carbons (Fsp3) is 0.333. The highest BCUT2D eigenvalue weighted by atomic mass is 79.9. The fourth-order valence-electron chi connectivity index (χ4n) is 3.04. The zero-order valence-corrected chi connectivity index (χ0v) is 18.7. The van der Waals surface area contributed by atoms with Crippen molar-refractivity contribution < 1.29 is 9.53 Å². The van der Waals surface area contributed by atoms with E-state index in [-0.39, 0.29) is 29.3 Å². The third-order valence-electron chi connectivity index (χ3n) is 4.52. The SMILES string of the molecule is Br.COc1ccc(C(=O)CN(C2=NCCCCC2)c2ccc(Br)cc2)cc1. The van der Waals surface area contributed by atoms with E-state index in [0.29, 0.717) is 5.56 Å². The molecule has 2 aromatic carbocycles. The zero-order valence-electron chi connectivity index (χ0n) is 15.4. The van der Waals surface area contributed by atoms with Gasteiger partial charge in [0.05, 0.1) is 13.7 Å². The van der Waals surface area contributed by atoms with Crippen LogP contribution in [-0.4, -0.2) is 31.8 Å². The van der Waals surface area contributed by atoms with Gasteiger partial charge in [-0.2, -0.15) is 0 Å². The molecule has 0 fully saturated rings. The number of aliphatic imine (C=N–C) groups is 1. The van der Waals surface area contributed by atoms with Crippen LogP contribution in [0.15, 0.2) is 58.0 Å². The van der Waals surface area contributed by atoms with Crippen LogP contribution in [0.2, 0.25) is 0 Å². The molecule has 0 saturated carbocycles. The quantitative estimate of drug-likeness (QED) is 0.500. The van der Waals surface area contributed by atoms with Crippen LogP contribution in [0.3, 0.4) is 0 Å². The number of nitrogens with zero attached hydrogens (tertiary/aromatic N) is 2. The summed E-state index contributed by atoms with van der Waals surface area (Å²) in [6.45, 7) is 1.12. The lowest BCUT2D eigenvalue weighted by Crippen LogP contribution is -2.36. The number of hydrogen-bond donors (Lipinski definition) is 0. The lowest BCUT2D eigenvalue weighted by molar-refractivity contribution is 0.100.